The highest BCUT2D eigenvalue weighted by Gasteiger charge is 2.20. The molecule has 5 nitrogen and oxygen atoms in total. The summed E-state index contributed by atoms with van der Waals surface area (Å²) in [5.74, 6) is 2.59. The van der Waals surface area contributed by atoms with Crippen molar-refractivity contribution < 1.29 is 0 Å². The fraction of sp³-hybridized carbons (Fsp3) is 0.714. The summed E-state index contributed by atoms with van der Waals surface area (Å²) in [6.07, 6.45) is 2.32. The molecule has 0 spiro atoms. The molecule has 0 aromatic carbocycles. The largest absolute Gasteiger partial charge is 0.356 e. The van der Waals surface area contributed by atoms with E-state index in [2.05, 4.69) is 20.2 Å². The number of nitrogens with zero attached hydrogens (tertiary/aromatic N) is 2. The maximum absolute atomic E-state index is 11.7. The van der Waals surface area contributed by atoms with Gasteiger partial charge in [0, 0.05) is 25.1 Å². The lowest BCUT2D eigenvalue weighted by atomic mass is 9.97. The minimum absolute atomic E-state index is 0.0500. The van der Waals surface area contributed by atoms with E-state index in [0.29, 0.717) is 0 Å². The van der Waals surface area contributed by atoms with Crippen molar-refractivity contribution in [3.8, 4) is 0 Å². The second-order valence-electron chi connectivity index (χ2n) is 5.63. The topological polar surface area (TPSA) is 61.0 Å². The zero-order chi connectivity index (χ0) is 13.8. The van der Waals surface area contributed by atoms with Gasteiger partial charge < -0.3 is 15.2 Å². The molecular weight excluding hydrogens is 240 g/mol. The van der Waals surface area contributed by atoms with Crippen molar-refractivity contribution in [2.24, 2.45) is 5.92 Å². The average Bonchev–Trinajstić information content (AvgIpc) is 2.39. The van der Waals surface area contributed by atoms with Gasteiger partial charge in [0.15, 0.2) is 0 Å². The molecule has 0 unspecified atom stereocenters. The highest BCUT2D eigenvalue weighted by atomic mass is 16.1. The monoisotopic (exact) mass is 264 g/mol. The molecule has 2 heterocycles. The van der Waals surface area contributed by atoms with Crippen molar-refractivity contribution in [2.45, 2.75) is 32.6 Å². The van der Waals surface area contributed by atoms with E-state index < -0.39 is 0 Å². The van der Waals surface area contributed by atoms with Crippen molar-refractivity contribution in [1.29, 1.82) is 0 Å². The maximum atomic E-state index is 11.7. The molecule has 0 bridgehead atoms. The first kappa shape index (κ1) is 14.1. The first-order chi connectivity index (χ1) is 9.10. The molecule has 0 radical (unpaired) electrons. The summed E-state index contributed by atoms with van der Waals surface area (Å²) in [5, 5.41) is 3.24. The van der Waals surface area contributed by atoms with Gasteiger partial charge in [-0.2, -0.15) is 0 Å². The molecule has 2 rings (SSSR count). The number of anilines is 1. The van der Waals surface area contributed by atoms with Crippen LogP contribution in [-0.2, 0) is 0 Å². The van der Waals surface area contributed by atoms with E-state index in [4.69, 9.17) is 0 Å². The van der Waals surface area contributed by atoms with Crippen LogP contribution in [0.5, 0.6) is 0 Å². The molecular formula is C14H24N4O. The molecule has 19 heavy (non-hydrogen) atoms. The van der Waals surface area contributed by atoms with Gasteiger partial charge in [-0.25, -0.2) is 4.98 Å². The first-order valence-corrected chi connectivity index (χ1v) is 7.11. The minimum atomic E-state index is -0.0500. The van der Waals surface area contributed by atoms with Gasteiger partial charge in [0.25, 0.3) is 5.56 Å². The van der Waals surface area contributed by atoms with Gasteiger partial charge in [-0.1, -0.05) is 13.8 Å². The molecule has 2 N–H and O–H groups in total. The van der Waals surface area contributed by atoms with Gasteiger partial charge in [0.2, 0.25) is 0 Å². The predicted octanol–water partition coefficient (Wildman–Crippen LogP) is 1.33. The van der Waals surface area contributed by atoms with Crippen LogP contribution in [0.25, 0.3) is 0 Å². The Labute approximate surface area is 114 Å². The van der Waals surface area contributed by atoms with Crippen LogP contribution < -0.4 is 15.8 Å². The lowest BCUT2D eigenvalue weighted by molar-refractivity contribution is 0.392. The van der Waals surface area contributed by atoms with Crippen molar-refractivity contribution in [3.05, 3.63) is 22.2 Å². The molecule has 1 fully saturated rings. The van der Waals surface area contributed by atoms with Crippen molar-refractivity contribution in [1.82, 2.24) is 15.3 Å². The van der Waals surface area contributed by atoms with Crippen molar-refractivity contribution >= 4 is 5.82 Å². The lowest BCUT2D eigenvalue weighted by Gasteiger charge is -2.32. The molecule has 0 atom stereocenters. The van der Waals surface area contributed by atoms with E-state index in [1.54, 1.807) is 6.07 Å². The Morgan fingerprint density at radius 1 is 1.47 bits per heavy atom. The van der Waals surface area contributed by atoms with Gasteiger partial charge in [-0.05, 0) is 32.4 Å². The Morgan fingerprint density at radius 3 is 2.74 bits per heavy atom. The highest BCUT2D eigenvalue weighted by molar-refractivity contribution is 5.38. The van der Waals surface area contributed by atoms with Crippen LogP contribution in [0.1, 0.15) is 38.4 Å². The molecule has 0 amide bonds. The minimum Gasteiger partial charge on any atom is -0.356 e. The Kier molecular flexibility index (Phi) is 4.58. The van der Waals surface area contributed by atoms with E-state index >= 15 is 0 Å². The van der Waals surface area contributed by atoms with Crippen LogP contribution in [0, 0.1) is 5.92 Å². The Hall–Kier alpha value is -1.36. The van der Waals surface area contributed by atoms with Crippen LogP contribution in [0.15, 0.2) is 10.9 Å². The zero-order valence-electron chi connectivity index (χ0n) is 12.1. The third kappa shape index (κ3) is 3.56. The fourth-order valence-corrected chi connectivity index (χ4v) is 2.55. The Morgan fingerprint density at radius 2 is 2.16 bits per heavy atom. The summed E-state index contributed by atoms with van der Waals surface area (Å²) in [7, 11) is 2.00. The van der Waals surface area contributed by atoms with Gasteiger partial charge in [-0.15, -0.1) is 0 Å². The van der Waals surface area contributed by atoms with Crippen molar-refractivity contribution in [2.75, 3.05) is 31.6 Å². The maximum Gasteiger partial charge on any atom is 0.252 e. The van der Waals surface area contributed by atoms with Crippen LogP contribution in [0.3, 0.4) is 0 Å². The number of aromatic nitrogens is 2. The third-order valence-electron chi connectivity index (χ3n) is 3.72. The van der Waals surface area contributed by atoms with E-state index in [1.165, 1.54) is 0 Å². The fourth-order valence-electron chi connectivity index (χ4n) is 2.55. The number of piperidine rings is 1. The normalized spacial score (nSPS) is 17.2. The second-order valence-corrected chi connectivity index (χ2v) is 5.63. The number of nitrogens with one attached hydrogen (secondary N) is 2. The smallest absolute Gasteiger partial charge is 0.252 e. The summed E-state index contributed by atoms with van der Waals surface area (Å²) >= 11 is 0. The summed E-state index contributed by atoms with van der Waals surface area (Å²) in [4.78, 5) is 21.3. The zero-order valence-corrected chi connectivity index (χ0v) is 12.1. The summed E-state index contributed by atoms with van der Waals surface area (Å²) in [5.41, 5.74) is -0.0500. The van der Waals surface area contributed by atoms with E-state index in [9.17, 15) is 4.79 Å². The number of H-pyrrole nitrogens is 1. The molecule has 1 aromatic heterocycles. The highest BCUT2D eigenvalue weighted by Crippen LogP contribution is 2.21. The van der Waals surface area contributed by atoms with Crippen molar-refractivity contribution in [3.63, 3.8) is 0 Å². The van der Waals surface area contributed by atoms with Gasteiger partial charge in [0.1, 0.15) is 11.6 Å². The number of hydrogen-bond donors (Lipinski definition) is 2. The molecule has 0 aliphatic carbocycles. The van der Waals surface area contributed by atoms with Crippen LogP contribution >= 0.6 is 0 Å². The molecule has 5 heteroatoms. The Balaban J connectivity index is 2.09. The second kappa shape index (κ2) is 6.19. The quantitative estimate of drug-likeness (QED) is 0.861. The standard InChI is InChI=1S/C14H24N4O/c1-10(2)14-16-12(8-13(19)17-14)18-6-4-11(5-7-18)9-15-3/h8,10-11,15H,4-7,9H2,1-3H3,(H,16,17,19). The Bertz CT molecular complexity index is 461. The lowest BCUT2D eigenvalue weighted by Crippen LogP contribution is -2.37. The van der Waals surface area contributed by atoms with Gasteiger partial charge in [-0.3, -0.25) is 4.79 Å². The third-order valence-corrected chi connectivity index (χ3v) is 3.72. The molecule has 0 saturated carbocycles. The summed E-state index contributed by atoms with van der Waals surface area (Å²) in [6.45, 7) is 7.14. The van der Waals surface area contributed by atoms with E-state index in [0.717, 1.165) is 50.0 Å². The van der Waals surface area contributed by atoms with E-state index in [-0.39, 0.29) is 11.5 Å². The van der Waals surface area contributed by atoms with Gasteiger partial charge >= 0.3 is 0 Å². The summed E-state index contributed by atoms with van der Waals surface area (Å²) in [6, 6.07) is 1.62. The average molecular weight is 264 g/mol. The first-order valence-electron chi connectivity index (χ1n) is 7.11. The molecule has 106 valence electrons. The molecule has 1 saturated heterocycles. The SMILES string of the molecule is CNCC1CCN(c2cc(=O)[nH]c(C(C)C)n2)CC1. The van der Waals surface area contributed by atoms with Crippen LogP contribution in [-0.4, -0.2) is 36.6 Å². The van der Waals surface area contributed by atoms with E-state index in [1.807, 2.05) is 20.9 Å². The van der Waals surface area contributed by atoms with Crippen LogP contribution in [0.4, 0.5) is 5.82 Å². The summed E-state index contributed by atoms with van der Waals surface area (Å²) < 4.78 is 0. The molecule has 1 aromatic rings. The molecule has 1 aliphatic rings. The van der Waals surface area contributed by atoms with Gasteiger partial charge in [0.05, 0.1) is 0 Å². The van der Waals surface area contributed by atoms with Crippen LogP contribution in [0.2, 0.25) is 0 Å². The number of rotatable bonds is 4. The number of hydrogen-bond acceptors (Lipinski definition) is 4. The predicted molar refractivity (Wildman–Crippen MR) is 77.8 cm³/mol. The molecule has 1 aliphatic heterocycles. The number of aromatic amines is 1.